The number of piperidine rings is 1. The number of hydrogen-bond donors (Lipinski definition) is 0. The summed E-state index contributed by atoms with van der Waals surface area (Å²) in [5.74, 6) is -0.840. The highest BCUT2D eigenvalue weighted by molar-refractivity contribution is 6.06. The Morgan fingerprint density at radius 3 is 2.63 bits per heavy atom. The summed E-state index contributed by atoms with van der Waals surface area (Å²) in [4.78, 5) is 24.5. The number of nitrogens with zero attached hydrogens (tertiary/aromatic N) is 4. The van der Waals surface area contributed by atoms with Crippen LogP contribution in [0.5, 0.6) is 5.75 Å². The summed E-state index contributed by atoms with van der Waals surface area (Å²) in [6.45, 7) is 3.71. The molecule has 0 saturated carbocycles. The number of ether oxygens (including phenoxy) is 1. The zero-order chi connectivity index (χ0) is 24.7. The number of ketones is 1. The standard InChI is InChI=1S/C26H24F2N4O3/c1-16-14-31(15-29-16)23-7-6-18(10-24(23)34-3)9-19-5-4-8-32-25(19)30-35-26(32,17(2)33)20-11-21(27)13-22(28)12-20/h6-7,9-15H,4-5,8H2,1-3H3. The van der Waals surface area contributed by atoms with Crippen LogP contribution < -0.4 is 4.74 Å². The zero-order valence-corrected chi connectivity index (χ0v) is 19.6. The molecule has 5 rings (SSSR count). The van der Waals surface area contributed by atoms with Crippen molar-refractivity contribution in [1.82, 2.24) is 14.5 Å². The van der Waals surface area contributed by atoms with E-state index < -0.39 is 23.1 Å². The van der Waals surface area contributed by atoms with Gasteiger partial charge in [0.25, 0.3) is 5.72 Å². The molecule has 0 radical (unpaired) electrons. The fourth-order valence-corrected chi connectivity index (χ4v) is 4.70. The Labute approximate surface area is 201 Å². The van der Waals surface area contributed by atoms with Crippen molar-refractivity contribution in [3.05, 3.63) is 83.0 Å². The van der Waals surface area contributed by atoms with Crippen molar-refractivity contribution >= 4 is 17.7 Å². The average Bonchev–Trinajstić information content (AvgIpc) is 3.43. The molecule has 2 aliphatic rings. The van der Waals surface area contributed by atoms with Crippen LogP contribution in [0, 0.1) is 18.6 Å². The number of aryl methyl sites for hydroxylation is 1. The lowest BCUT2D eigenvalue weighted by atomic mass is 9.92. The first-order valence-electron chi connectivity index (χ1n) is 11.2. The topological polar surface area (TPSA) is 69.0 Å². The van der Waals surface area contributed by atoms with Crippen LogP contribution in [0.25, 0.3) is 11.8 Å². The molecule has 1 saturated heterocycles. The number of rotatable bonds is 5. The van der Waals surface area contributed by atoms with Crippen LogP contribution >= 0.6 is 0 Å². The first-order valence-corrected chi connectivity index (χ1v) is 11.2. The van der Waals surface area contributed by atoms with E-state index in [1.807, 2.05) is 42.0 Å². The Morgan fingerprint density at radius 1 is 1.20 bits per heavy atom. The van der Waals surface area contributed by atoms with Crippen LogP contribution in [0.2, 0.25) is 0 Å². The maximum Gasteiger partial charge on any atom is 0.295 e. The van der Waals surface area contributed by atoms with Gasteiger partial charge in [-0.25, -0.2) is 13.8 Å². The van der Waals surface area contributed by atoms with Gasteiger partial charge in [-0.05, 0) is 61.2 Å². The Morgan fingerprint density at radius 2 is 1.97 bits per heavy atom. The molecule has 0 bridgehead atoms. The van der Waals surface area contributed by atoms with E-state index in [1.165, 1.54) is 6.92 Å². The predicted molar refractivity (Wildman–Crippen MR) is 126 cm³/mol. The van der Waals surface area contributed by atoms with Gasteiger partial charge in [0.05, 0.1) is 24.8 Å². The monoisotopic (exact) mass is 478 g/mol. The van der Waals surface area contributed by atoms with Gasteiger partial charge < -0.3 is 19.0 Å². The minimum absolute atomic E-state index is 0.0733. The highest BCUT2D eigenvalue weighted by atomic mass is 19.1. The lowest BCUT2D eigenvalue weighted by molar-refractivity contribution is -0.159. The molecule has 9 heteroatoms. The number of Topliss-reactive ketones (excluding diaryl/α,β-unsaturated/α-hetero) is 1. The smallest absolute Gasteiger partial charge is 0.295 e. The molecular formula is C26H24F2N4O3. The first kappa shape index (κ1) is 22.8. The van der Waals surface area contributed by atoms with E-state index in [-0.39, 0.29) is 5.56 Å². The van der Waals surface area contributed by atoms with Crippen molar-refractivity contribution < 1.29 is 23.1 Å². The molecule has 7 nitrogen and oxygen atoms in total. The third-order valence-electron chi connectivity index (χ3n) is 6.28. The van der Waals surface area contributed by atoms with Gasteiger partial charge in [-0.3, -0.25) is 4.79 Å². The second-order valence-electron chi connectivity index (χ2n) is 8.64. The number of halogens is 2. The van der Waals surface area contributed by atoms with E-state index in [2.05, 4.69) is 10.1 Å². The van der Waals surface area contributed by atoms with Gasteiger partial charge in [-0.15, -0.1) is 0 Å². The molecule has 0 spiro atoms. The van der Waals surface area contributed by atoms with Gasteiger partial charge in [-0.2, -0.15) is 0 Å². The number of aromatic nitrogens is 2. The Balaban J connectivity index is 1.51. The molecule has 2 aliphatic heterocycles. The van der Waals surface area contributed by atoms with Crippen LogP contribution in [0.3, 0.4) is 0 Å². The van der Waals surface area contributed by atoms with Crippen LogP contribution in [-0.4, -0.2) is 39.7 Å². The third kappa shape index (κ3) is 3.86. The van der Waals surface area contributed by atoms with Crippen molar-refractivity contribution in [2.45, 2.75) is 32.4 Å². The SMILES string of the molecule is COc1cc(C=C2CCCN3C2=NOC3(C(C)=O)c2cc(F)cc(F)c2)ccc1-n1cnc(C)c1. The molecule has 0 amide bonds. The van der Waals surface area contributed by atoms with E-state index in [0.717, 1.165) is 40.7 Å². The number of carbonyl (C=O) groups excluding carboxylic acids is 1. The van der Waals surface area contributed by atoms with Crippen LogP contribution in [-0.2, 0) is 15.4 Å². The summed E-state index contributed by atoms with van der Waals surface area (Å²) in [7, 11) is 1.61. The molecule has 2 aromatic carbocycles. The van der Waals surface area contributed by atoms with Crippen molar-refractivity contribution in [3.8, 4) is 11.4 Å². The van der Waals surface area contributed by atoms with E-state index in [9.17, 15) is 13.6 Å². The fraction of sp³-hybridized carbons (Fsp3) is 0.269. The number of carbonyl (C=O) groups is 1. The number of amidine groups is 1. The van der Waals surface area contributed by atoms with Crippen molar-refractivity contribution in [2.24, 2.45) is 5.16 Å². The number of hydrogen-bond acceptors (Lipinski definition) is 6. The first-order chi connectivity index (χ1) is 16.8. The second-order valence-corrected chi connectivity index (χ2v) is 8.64. The number of benzene rings is 2. The number of imidazole rings is 1. The van der Waals surface area contributed by atoms with Crippen molar-refractivity contribution in [1.29, 1.82) is 0 Å². The van der Waals surface area contributed by atoms with Crippen LogP contribution in [0.4, 0.5) is 8.78 Å². The normalized spacial score (nSPS) is 20.4. The third-order valence-corrected chi connectivity index (χ3v) is 6.28. The molecule has 1 atom stereocenters. The lowest BCUT2D eigenvalue weighted by Gasteiger charge is -2.38. The molecule has 1 unspecified atom stereocenters. The zero-order valence-electron chi connectivity index (χ0n) is 19.6. The van der Waals surface area contributed by atoms with Gasteiger partial charge in [0.2, 0.25) is 5.78 Å². The highest BCUT2D eigenvalue weighted by Crippen LogP contribution is 2.41. The number of methoxy groups -OCH3 is 1. The van der Waals surface area contributed by atoms with Gasteiger partial charge in [0, 0.05) is 31.3 Å². The van der Waals surface area contributed by atoms with E-state index in [4.69, 9.17) is 9.57 Å². The maximum absolute atomic E-state index is 14.0. The summed E-state index contributed by atoms with van der Waals surface area (Å²) >= 11 is 0. The molecule has 35 heavy (non-hydrogen) atoms. The molecule has 0 N–H and O–H groups in total. The van der Waals surface area contributed by atoms with Crippen molar-refractivity contribution in [2.75, 3.05) is 13.7 Å². The lowest BCUT2D eigenvalue weighted by Crippen LogP contribution is -2.53. The minimum Gasteiger partial charge on any atom is -0.495 e. The Hall–Kier alpha value is -4.01. The van der Waals surface area contributed by atoms with Crippen molar-refractivity contribution in [3.63, 3.8) is 0 Å². The van der Waals surface area contributed by atoms with Gasteiger partial charge >= 0.3 is 0 Å². The number of fused-ring (bicyclic) bond motifs is 1. The Bertz CT molecular complexity index is 1360. The fourth-order valence-electron chi connectivity index (χ4n) is 4.70. The second kappa shape index (κ2) is 8.65. The molecule has 180 valence electrons. The molecule has 1 fully saturated rings. The average molecular weight is 478 g/mol. The largest absolute Gasteiger partial charge is 0.495 e. The molecule has 3 aromatic rings. The van der Waals surface area contributed by atoms with Gasteiger partial charge in [0.1, 0.15) is 17.4 Å². The summed E-state index contributed by atoms with van der Waals surface area (Å²) in [6.07, 6.45) is 7.02. The van der Waals surface area contributed by atoms with Gasteiger partial charge in [-0.1, -0.05) is 11.2 Å². The molecular weight excluding hydrogens is 454 g/mol. The highest BCUT2D eigenvalue weighted by Gasteiger charge is 2.53. The number of oxime groups is 1. The summed E-state index contributed by atoms with van der Waals surface area (Å²) < 4.78 is 35.6. The molecule has 0 aliphatic carbocycles. The summed E-state index contributed by atoms with van der Waals surface area (Å²) in [5.41, 5.74) is 1.84. The van der Waals surface area contributed by atoms with E-state index in [0.29, 0.717) is 31.0 Å². The maximum atomic E-state index is 14.0. The summed E-state index contributed by atoms with van der Waals surface area (Å²) in [6, 6.07) is 8.79. The van der Waals surface area contributed by atoms with E-state index >= 15 is 0 Å². The van der Waals surface area contributed by atoms with Crippen LogP contribution in [0.15, 0.2) is 59.7 Å². The van der Waals surface area contributed by atoms with E-state index in [1.54, 1.807) is 18.3 Å². The molecule has 3 heterocycles. The minimum atomic E-state index is -1.71. The van der Waals surface area contributed by atoms with Crippen LogP contribution in [0.1, 0.15) is 36.6 Å². The van der Waals surface area contributed by atoms with Gasteiger partial charge in [0.15, 0.2) is 5.84 Å². The summed E-state index contributed by atoms with van der Waals surface area (Å²) in [5, 5.41) is 4.22. The molecule has 1 aromatic heterocycles. The Kier molecular flexibility index (Phi) is 5.62. The quantitative estimate of drug-likeness (QED) is 0.530. The predicted octanol–water partition coefficient (Wildman–Crippen LogP) is 4.73.